The summed E-state index contributed by atoms with van der Waals surface area (Å²) in [6.07, 6.45) is 2.71. The van der Waals surface area contributed by atoms with Crippen LogP contribution in [0.2, 0.25) is 5.02 Å². The van der Waals surface area contributed by atoms with Gasteiger partial charge in [-0.05, 0) is 42.5 Å². The Hall–Kier alpha value is -2.86. The zero-order valence-corrected chi connectivity index (χ0v) is 12.9. The SMILES string of the molecule is O=C(Nc1ccc(F)c(Cl)c1)c1cnc(-c2ccc(F)cc2)nc1. The molecule has 2 aromatic carbocycles. The summed E-state index contributed by atoms with van der Waals surface area (Å²) in [5.74, 6) is -1.01. The van der Waals surface area contributed by atoms with Gasteiger partial charge in [-0.3, -0.25) is 4.79 Å². The second-order valence-corrected chi connectivity index (χ2v) is 5.29. The van der Waals surface area contributed by atoms with Gasteiger partial charge in [0.1, 0.15) is 11.6 Å². The van der Waals surface area contributed by atoms with E-state index in [1.165, 1.54) is 36.7 Å². The Morgan fingerprint density at radius 3 is 2.29 bits per heavy atom. The zero-order chi connectivity index (χ0) is 17.1. The van der Waals surface area contributed by atoms with Gasteiger partial charge in [-0.25, -0.2) is 18.7 Å². The molecule has 4 nitrogen and oxygen atoms in total. The molecule has 3 aromatic rings. The fourth-order valence-electron chi connectivity index (χ4n) is 1.97. The van der Waals surface area contributed by atoms with Crippen molar-refractivity contribution in [1.82, 2.24) is 9.97 Å². The number of hydrogen-bond donors (Lipinski definition) is 1. The monoisotopic (exact) mass is 345 g/mol. The van der Waals surface area contributed by atoms with Crippen LogP contribution < -0.4 is 5.32 Å². The summed E-state index contributed by atoms with van der Waals surface area (Å²) >= 11 is 5.67. The van der Waals surface area contributed by atoms with Crippen molar-refractivity contribution in [2.45, 2.75) is 0 Å². The average molecular weight is 346 g/mol. The van der Waals surface area contributed by atoms with Crippen molar-refractivity contribution >= 4 is 23.2 Å². The largest absolute Gasteiger partial charge is 0.322 e. The minimum absolute atomic E-state index is 0.0873. The van der Waals surface area contributed by atoms with Crippen molar-refractivity contribution in [3.63, 3.8) is 0 Å². The number of amides is 1. The van der Waals surface area contributed by atoms with Crippen molar-refractivity contribution in [2.75, 3.05) is 5.32 Å². The molecule has 120 valence electrons. The molecule has 3 rings (SSSR count). The first kappa shape index (κ1) is 16.0. The minimum Gasteiger partial charge on any atom is -0.322 e. The molecule has 0 aliphatic carbocycles. The van der Waals surface area contributed by atoms with E-state index < -0.39 is 11.7 Å². The lowest BCUT2D eigenvalue weighted by Crippen LogP contribution is -2.12. The predicted octanol–water partition coefficient (Wildman–Crippen LogP) is 4.33. The lowest BCUT2D eigenvalue weighted by Gasteiger charge is -2.06. The number of nitrogens with one attached hydrogen (secondary N) is 1. The highest BCUT2D eigenvalue weighted by Gasteiger charge is 2.10. The lowest BCUT2D eigenvalue weighted by molar-refractivity contribution is 0.102. The number of carbonyl (C=O) groups is 1. The number of aromatic nitrogens is 2. The van der Waals surface area contributed by atoms with Crippen LogP contribution in [0.5, 0.6) is 0 Å². The summed E-state index contributed by atoms with van der Waals surface area (Å²) in [6, 6.07) is 9.56. The van der Waals surface area contributed by atoms with Crippen LogP contribution in [0.15, 0.2) is 54.9 Å². The van der Waals surface area contributed by atoms with Gasteiger partial charge in [0, 0.05) is 23.6 Å². The third-order valence-electron chi connectivity index (χ3n) is 3.19. The predicted molar refractivity (Wildman–Crippen MR) is 86.8 cm³/mol. The molecule has 24 heavy (non-hydrogen) atoms. The summed E-state index contributed by atoms with van der Waals surface area (Å²) in [4.78, 5) is 20.3. The second-order valence-electron chi connectivity index (χ2n) is 4.89. The average Bonchev–Trinajstić information content (AvgIpc) is 2.59. The Morgan fingerprint density at radius 1 is 1.00 bits per heavy atom. The molecule has 0 fully saturated rings. The molecule has 1 aromatic heterocycles. The second kappa shape index (κ2) is 6.72. The van der Waals surface area contributed by atoms with E-state index >= 15 is 0 Å². The lowest BCUT2D eigenvalue weighted by atomic mass is 10.2. The summed E-state index contributed by atoms with van der Waals surface area (Å²) in [5, 5.41) is 2.49. The van der Waals surface area contributed by atoms with Gasteiger partial charge >= 0.3 is 0 Å². The number of anilines is 1. The molecule has 0 saturated heterocycles. The van der Waals surface area contributed by atoms with Gasteiger partial charge in [-0.15, -0.1) is 0 Å². The van der Waals surface area contributed by atoms with Crippen LogP contribution in [-0.2, 0) is 0 Å². The van der Waals surface area contributed by atoms with Crippen molar-refractivity contribution in [1.29, 1.82) is 0 Å². The molecule has 0 saturated carbocycles. The molecule has 1 amide bonds. The van der Waals surface area contributed by atoms with E-state index in [9.17, 15) is 13.6 Å². The first-order valence-electron chi connectivity index (χ1n) is 6.87. The summed E-state index contributed by atoms with van der Waals surface area (Å²) < 4.78 is 26.0. The standard InChI is InChI=1S/C17H10ClF2N3O/c18-14-7-13(5-6-15(14)20)23-17(24)11-8-21-16(22-9-11)10-1-3-12(19)4-2-10/h1-9H,(H,23,24). The molecule has 7 heteroatoms. The van der Waals surface area contributed by atoms with Crippen LogP contribution in [0.1, 0.15) is 10.4 Å². The first-order chi connectivity index (χ1) is 11.5. The van der Waals surface area contributed by atoms with Crippen molar-refractivity contribution < 1.29 is 13.6 Å². The zero-order valence-electron chi connectivity index (χ0n) is 12.1. The van der Waals surface area contributed by atoms with Crippen molar-refractivity contribution in [3.8, 4) is 11.4 Å². The third kappa shape index (κ3) is 3.55. The quantitative estimate of drug-likeness (QED) is 0.768. The molecule has 0 radical (unpaired) electrons. The van der Waals surface area contributed by atoms with E-state index in [0.717, 1.165) is 6.07 Å². The highest BCUT2D eigenvalue weighted by Crippen LogP contribution is 2.20. The fraction of sp³-hybridized carbons (Fsp3) is 0. The fourth-order valence-corrected chi connectivity index (χ4v) is 2.15. The molecule has 1 N–H and O–H groups in total. The first-order valence-corrected chi connectivity index (χ1v) is 7.25. The molecule has 0 aliphatic heterocycles. The Kier molecular flexibility index (Phi) is 4.48. The maximum Gasteiger partial charge on any atom is 0.258 e. The maximum atomic E-state index is 13.1. The molecule has 0 atom stereocenters. The Bertz CT molecular complexity index is 883. The molecule has 1 heterocycles. The number of carbonyl (C=O) groups excluding carboxylic acids is 1. The van der Waals surface area contributed by atoms with Crippen LogP contribution in [0, 0.1) is 11.6 Å². The van der Waals surface area contributed by atoms with Crippen molar-refractivity contribution in [2.24, 2.45) is 0 Å². The highest BCUT2D eigenvalue weighted by atomic mass is 35.5. The Balaban J connectivity index is 1.76. The minimum atomic E-state index is -0.568. The molecular weight excluding hydrogens is 336 g/mol. The van der Waals surface area contributed by atoms with Gasteiger partial charge in [0.15, 0.2) is 5.82 Å². The summed E-state index contributed by atoms with van der Waals surface area (Å²) in [7, 11) is 0. The van der Waals surface area contributed by atoms with E-state index in [4.69, 9.17) is 11.6 Å². The summed E-state index contributed by atoms with van der Waals surface area (Å²) in [5.41, 5.74) is 1.21. The molecule has 0 spiro atoms. The number of benzene rings is 2. The maximum absolute atomic E-state index is 13.1. The van der Waals surface area contributed by atoms with E-state index in [2.05, 4.69) is 15.3 Å². The van der Waals surface area contributed by atoms with Crippen LogP contribution in [0.3, 0.4) is 0 Å². The van der Waals surface area contributed by atoms with Gasteiger partial charge in [0.25, 0.3) is 5.91 Å². The number of hydrogen-bond acceptors (Lipinski definition) is 3. The van der Waals surface area contributed by atoms with Gasteiger partial charge in [-0.2, -0.15) is 0 Å². The van der Waals surface area contributed by atoms with E-state index in [1.807, 2.05) is 0 Å². The molecule has 0 unspecified atom stereocenters. The van der Waals surface area contributed by atoms with Crippen LogP contribution in [0.4, 0.5) is 14.5 Å². The van der Waals surface area contributed by atoms with E-state index in [0.29, 0.717) is 17.1 Å². The van der Waals surface area contributed by atoms with Gasteiger partial charge in [-0.1, -0.05) is 11.6 Å². The number of nitrogens with zero attached hydrogens (tertiary/aromatic N) is 2. The van der Waals surface area contributed by atoms with Gasteiger partial charge < -0.3 is 5.32 Å². The topological polar surface area (TPSA) is 54.9 Å². The Morgan fingerprint density at radius 2 is 1.67 bits per heavy atom. The van der Waals surface area contributed by atoms with E-state index in [-0.39, 0.29) is 16.4 Å². The molecule has 0 bridgehead atoms. The summed E-state index contributed by atoms with van der Waals surface area (Å²) in [6.45, 7) is 0. The Labute approximate surface area is 141 Å². The van der Waals surface area contributed by atoms with E-state index in [1.54, 1.807) is 12.1 Å². The molecular formula is C17H10ClF2N3O. The van der Waals surface area contributed by atoms with Gasteiger partial charge in [0.05, 0.1) is 10.6 Å². The molecule has 0 aliphatic rings. The van der Waals surface area contributed by atoms with Gasteiger partial charge in [0.2, 0.25) is 0 Å². The highest BCUT2D eigenvalue weighted by molar-refractivity contribution is 6.31. The number of halogens is 3. The van der Waals surface area contributed by atoms with Crippen molar-refractivity contribution in [3.05, 3.63) is 77.1 Å². The third-order valence-corrected chi connectivity index (χ3v) is 3.48. The van der Waals surface area contributed by atoms with Crippen LogP contribution >= 0.6 is 11.6 Å². The van der Waals surface area contributed by atoms with Crippen LogP contribution in [-0.4, -0.2) is 15.9 Å². The smallest absolute Gasteiger partial charge is 0.258 e. The normalized spacial score (nSPS) is 10.5. The number of rotatable bonds is 3. The van der Waals surface area contributed by atoms with Crippen LogP contribution in [0.25, 0.3) is 11.4 Å².